The SMILES string of the molecule is OC[C@H]1O[C@H](O[C@@H]2[C@@H](O)[C@@H](O[C@@H]3[C@@H](O)[C@H](O)O[C@H](CO)[C@H]3O)O[C@H](CO)[C@H]2O)[C@H](O)[C@@H](O)[C@@H]1O. The fourth-order valence-corrected chi connectivity index (χ4v) is 4.04. The molecule has 0 amide bonds. The number of hydrogen-bond donors (Lipinski definition) is 11. The van der Waals surface area contributed by atoms with Crippen LogP contribution in [0.1, 0.15) is 0 Å². The van der Waals surface area contributed by atoms with Gasteiger partial charge < -0.3 is 79.9 Å². The van der Waals surface area contributed by atoms with Gasteiger partial charge in [0.05, 0.1) is 19.8 Å². The van der Waals surface area contributed by atoms with Gasteiger partial charge in [0.25, 0.3) is 0 Å². The van der Waals surface area contributed by atoms with Gasteiger partial charge in [0.2, 0.25) is 0 Å². The first kappa shape index (κ1) is 27.9. The summed E-state index contributed by atoms with van der Waals surface area (Å²) in [7, 11) is 0. The molecule has 34 heavy (non-hydrogen) atoms. The second kappa shape index (κ2) is 11.6. The second-order valence-electron chi connectivity index (χ2n) is 8.33. The molecule has 0 aromatic carbocycles. The Bertz CT molecular complexity index is 639. The summed E-state index contributed by atoms with van der Waals surface area (Å²) < 4.78 is 26.2. The van der Waals surface area contributed by atoms with Crippen molar-refractivity contribution in [2.24, 2.45) is 0 Å². The summed E-state index contributed by atoms with van der Waals surface area (Å²) in [5.41, 5.74) is 0. The predicted octanol–water partition coefficient (Wildman–Crippen LogP) is -7.57. The summed E-state index contributed by atoms with van der Waals surface area (Å²) in [5, 5.41) is 110. The third-order valence-corrected chi connectivity index (χ3v) is 6.09. The first-order valence-electron chi connectivity index (χ1n) is 10.6. The minimum Gasteiger partial charge on any atom is -0.394 e. The van der Waals surface area contributed by atoms with Crippen LogP contribution in [0.15, 0.2) is 0 Å². The summed E-state index contributed by atoms with van der Waals surface area (Å²) in [6.07, 6.45) is -25.5. The Morgan fingerprint density at radius 2 is 0.853 bits per heavy atom. The van der Waals surface area contributed by atoms with Crippen molar-refractivity contribution >= 4 is 0 Å². The van der Waals surface area contributed by atoms with Gasteiger partial charge in [-0.25, -0.2) is 0 Å². The largest absolute Gasteiger partial charge is 0.394 e. The Labute approximate surface area is 192 Å². The molecule has 15 atom stereocenters. The van der Waals surface area contributed by atoms with E-state index in [-0.39, 0.29) is 0 Å². The van der Waals surface area contributed by atoms with Gasteiger partial charge in [-0.1, -0.05) is 0 Å². The Hall–Kier alpha value is -0.640. The molecule has 0 aromatic rings. The summed E-state index contributed by atoms with van der Waals surface area (Å²) in [5.74, 6) is 0. The smallest absolute Gasteiger partial charge is 0.187 e. The lowest BCUT2D eigenvalue weighted by atomic mass is 9.96. The first-order chi connectivity index (χ1) is 16.0. The van der Waals surface area contributed by atoms with Crippen molar-refractivity contribution < 1.29 is 79.9 Å². The second-order valence-corrected chi connectivity index (χ2v) is 8.33. The van der Waals surface area contributed by atoms with E-state index in [1.165, 1.54) is 0 Å². The van der Waals surface area contributed by atoms with Crippen LogP contribution in [0.25, 0.3) is 0 Å². The molecule has 3 aliphatic rings. The minimum atomic E-state index is -1.92. The van der Waals surface area contributed by atoms with Crippen LogP contribution in [-0.2, 0) is 23.7 Å². The van der Waals surface area contributed by atoms with Gasteiger partial charge >= 0.3 is 0 Å². The molecule has 0 spiro atoms. The van der Waals surface area contributed by atoms with E-state index in [1.54, 1.807) is 0 Å². The van der Waals surface area contributed by atoms with Crippen LogP contribution in [0.2, 0.25) is 0 Å². The van der Waals surface area contributed by atoms with E-state index < -0.39 is 112 Å². The van der Waals surface area contributed by atoms with E-state index in [4.69, 9.17) is 23.7 Å². The zero-order valence-corrected chi connectivity index (χ0v) is 17.7. The highest BCUT2D eigenvalue weighted by Gasteiger charge is 2.53. The van der Waals surface area contributed by atoms with E-state index in [0.717, 1.165) is 0 Å². The first-order valence-corrected chi connectivity index (χ1v) is 10.6. The number of hydrogen-bond acceptors (Lipinski definition) is 16. The van der Waals surface area contributed by atoms with Gasteiger partial charge in [0.1, 0.15) is 73.2 Å². The van der Waals surface area contributed by atoms with Crippen LogP contribution in [0, 0.1) is 0 Å². The van der Waals surface area contributed by atoms with Gasteiger partial charge in [-0.2, -0.15) is 0 Å². The molecule has 0 radical (unpaired) electrons. The van der Waals surface area contributed by atoms with Crippen LogP contribution < -0.4 is 0 Å². The highest BCUT2D eigenvalue weighted by Crippen LogP contribution is 2.32. The molecular weight excluding hydrogens is 472 g/mol. The van der Waals surface area contributed by atoms with E-state index in [0.29, 0.717) is 0 Å². The van der Waals surface area contributed by atoms with Crippen LogP contribution in [-0.4, -0.2) is 168 Å². The van der Waals surface area contributed by atoms with Crippen LogP contribution in [0.5, 0.6) is 0 Å². The monoisotopic (exact) mass is 504 g/mol. The molecule has 16 nitrogen and oxygen atoms in total. The molecule has 3 heterocycles. The number of aliphatic hydroxyl groups excluding tert-OH is 11. The standard InChI is InChI=1S/C18H32O16/c19-1-4-7(22)10(25)11(26)17(31-4)34-15-9(24)6(3-21)32-18(13(15)28)33-14-8(23)5(2-20)30-16(29)12(14)27/h4-29H,1-3H2/t4-,5-,6-,7-,8-,9-,10+,11-,12-,13-,14+,15+,16-,17-,18-/m1/s1. The third-order valence-electron chi connectivity index (χ3n) is 6.09. The quantitative estimate of drug-likeness (QED) is 0.154. The molecule has 0 unspecified atom stereocenters. The maximum atomic E-state index is 10.7. The molecule has 3 aliphatic heterocycles. The molecular formula is C18H32O16. The molecule has 3 saturated heterocycles. The Morgan fingerprint density at radius 1 is 0.441 bits per heavy atom. The molecule has 16 heteroatoms. The molecule has 200 valence electrons. The summed E-state index contributed by atoms with van der Waals surface area (Å²) in [6.45, 7) is -2.33. The molecule has 0 bridgehead atoms. The van der Waals surface area contributed by atoms with E-state index in [2.05, 4.69) is 0 Å². The van der Waals surface area contributed by atoms with E-state index in [9.17, 15) is 56.2 Å². The van der Waals surface area contributed by atoms with E-state index >= 15 is 0 Å². The van der Waals surface area contributed by atoms with Crippen LogP contribution in [0.4, 0.5) is 0 Å². The third kappa shape index (κ3) is 5.37. The summed E-state index contributed by atoms with van der Waals surface area (Å²) in [6, 6.07) is 0. The average molecular weight is 504 g/mol. The van der Waals surface area contributed by atoms with Crippen molar-refractivity contribution in [1.29, 1.82) is 0 Å². The lowest BCUT2D eigenvalue weighted by Gasteiger charge is -2.47. The predicted molar refractivity (Wildman–Crippen MR) is 101 cm³/mol. The highest BCUT2D eigenvalue weighted by atomic mass is 16.7. The van der Waals surface area contributed by atoms with Crippen molar-refractivity contribution in [2.75, 3.05) is 19.8 Å². The zero-order chi connectivity index (χ0) is 25.3. The van der Waals surface area contributed by atoms with Crippen LogP contribution in [0.3, 0.4) is 0 Å². The van der Waals surface area contributed by atoms with Gasteiger partial charge in [0.15, 0.2) is 18.9 Å². The minimum absolute atomic E-state index is 0.750. The van der Waals surface area contributed by atoms with Gasteiger partial charge in [0, 0.05) is 0 Å². The van der Waals surface area contributed by atoms with Crippen LogP contribution >= 0.6 is 0 Å². The number of rotatable bonds is 7. The van der Waals surface area contributed by atoms with Crippen molar-refractivity contribution in [3.05, 3.63) is 0 Å². The number of aliphatic hydroxyl groups is 11. The van der Waals surface area contributed by atoms with Gasteiger partial charge in [-0.15, -0.1) is 0 Å². The Morgan fingerprint density at radius 3 is 1.35 bits per heavy atom. The molecule has 0 aromatic heterocycles. The van der Waals surface area contributed by atoms with Gasteiger partial charge in [-0.3, -0.25) is 0 Å². The van der Waals surface area contributed by atoms with Crippen molar-refractivity contribution in [2.45, 2.75) is 92.1 Å². The topological polar surface area (TPSA) is 269 Å². The lowest BCUT2D eigenvalue weighted by molar-refractivity contribution is -0.379. The molecule has 3 rings (SSSR count). The summed E-state index contributed by atoms with van der Waals surface area (Å²) >= 11 is 0. The van der Waals surface area contributed by atoms with E-state index in [1.807, 2.05) is 0 Å². The van der Waals surface area contributed by atoms with Crippen molar-refractivity contribution in [3.8, 4) is 0 Å². The highest BCUT2D eigenvalue weighted by molar-refractivity contribution is 4.96. The fraction of sp³-hybridized carbons (Fsp3) is 1.00. The average Bonchev–Trinajstić information content (AvgIpc) is 2.82. The Kier molecular flexibility index (Phi) is 9.54. The molecule has 0 saturated carbocycles. The number of ether oxygens (including phenoxy) is 5. The maximum Gasteiger partial charge on any atom is 0.187 e. The Balaban J connectivity index is 1.78. The molecule has 11 N–H and O–H groups in total. The fourth-order valence-electron chi connectivity index (χ4n) is 4.04. The van der Waals surface area contributed by atoms with Gasteiger partial charge in [-0.05, 0) is 0 Å². The molecule has 3 fully saturated rings. The normalized spacial score (nSPS) is 52.5. The maximum absolute atomic E-state index is 10.7. The molecule has 0 aliphatic carbocycles. The lowest BCUT2D eigenvalue weighted by Crippen LogP contribution is -2.66. The summed E-state index contributed by atoms with van der Waals surface area (Å²) in [4.78, 5) is 0. The van der Waals surface area contributed by atoms with Crippen molar-refractivity contribution in [3.63, 3.8) is 0 Å². The zero-order valence-electron chi connectivity index (χ0n) is 17.7. The van der Waals surface area contributed by atoms with Crippen molar-refractivity contribution in [1.82, 2.24) is 0 Å².